The number of nitrogens with zero attached hydrogens (tertiary/aromatic N) is 2. The lowest BCUT2D eigenvalue weighted by atomic mass is 10.0. The van der Waals surface area contributed by atoms with Gasteiger partial charge in [0.1, 0.15) is 5.03 Å². The quantitative estimate of drug-likeness (QED) is 0.788. The van der Waals surface area contributed by atoms with Crippen LogP contribution in [-0.4, -0.2) is 21.8 Å². The zero-order valence-corrected chi connectivity index (χ0v) is 12.8. The third-order valence-corrected chi connectivity index (χ3v) is 4.53. The number of aromatic nitrogens is 2. The van der Waals surface area contributed by atoms with Crippen LogP contribution in [0.15, 0.2) is 53.9 Å². The number of thioether (sulfide) groups is 1. The van der Waals surface area contributed by atoms with E-state index in [2.05, 4.69) is 59.5 Å². The first-order valence-electron chi connectivity index (χ1n) is 7.06. The summed E-state index contributed by atoms with van der Waals surface area (Å²) in [5.41, 5.74) is 1.33. The molecule has 20 heavy (non-hydrogen) atoms. The van der Waals surface area contributed by atoms with E-state index in [9.17, 15) is 0 Å². The summed E-state index contributed by atoms with van der Waals surface area (Å²) in [4.78, 5) is 8.52. The van der Waals surface area contributed by atoms with E-state index in [-0.39, 0.29) is 0 Å². The van der Waals surface area contributed by atoms with Crippen molar-refractivity contribution in [1.29, 1.82) is 0 Å². The first kappa shape index (κ1) is 15.0. The van der Waals surface area contributed by atoms with Gasteiger partial charge >= 0.3 is 0 Å². The summed E-state index contributed by atoms with van der Waals surface area (Å²) in [6.07, 6.45) is 6.37. The van der Waals surface area contributed by atoms with Crippen LogP contribution in [0, 0.1) is 0 Å². The van der Waals surface area contributed by atoms with Gasteiger partial charge in [-0.05, 0) is 18.5 Å². The highest BCUT2D eigenvalue weighted by atomic mass is 32.2. The van der Waals surface area contributed by atoms with Gasteiger partial charge < -0.3 is 5.32 Å². The zero-order chi connectivity index (χ0) is 14.2. The normalized spacial score (nSPS) is 13.9. The molecule has 2 rings (SSSR count). The van der Waals surface area contributed by atoms with Crippen molar-refractivity contribution in [2.24, 2.45) is 0 Å². The summed E-state index contributed by atoms with van der Waals surface area (Å²) in [7, 11) is 0. The minimum Gasteiger partial charge on any atom is -0.309 e. The Morgan fingerprint density at radius 3 is 2.55 bits per heavy atom. The average molecular weight is 287 g/mol. The maximum absolute atomic E-state index is 4.38. The molecule has 0 aliphatic rings. The molecule has 1 heterocycles. The van der Waals surface area contributed by atoms with Crippen LogP contribution in [0.1, 0.15) is 31.9 Å². The molecule has 0 fully saturated rings. The molecule has 0 saturated heterocycles. The Labute approximate surface area is 125 Å². The fraction of sp³-hybridized carbons (Fsp3) is 0.375. The minimum atomic E-state index is 0.332. The van der Waals surface area contributed by atoms with Crippen molar-refractivity contribution in [3.8, 4) is 0 Å². The van der Waals surface area contributed by atoms with Crippen LogP contribution in [0.3, 0.4) is 0 Å². The molecule has 0 amide bonds. The summed E-state index contributed by atoms with van der Waals surface area (Å²) in [5, 5.41) is 5.02. The topological polar surface area (TPSA) is 37.8 Å². The number of hydrogen-bond donors (Lipinski definition) is 1. The maximum Gasteiger partial charge on any atom is 0.115 e. The van der Waals surface area contributed by atoms with Crippen molar-refractivity contribution >= 4 is 11.8 Å². The van der Waals surface area contributed by atoms with Crippen LogP contribution in [0.4, 0.5) is 0 Å². The lowest BCUT2D eigenvalue weighted by Crippen LogP contribution is -2.29. The predicted molar refractivity (Wildman–Crippen MR) is 84.8 cm³/mol. The van der Waals surface area contributed by atoms with Crippen molar-refractivity contribution in [3.63, 3.8) is 0 Å². The first-order chi connectivity index (χ1) is 9.85. The van der Waals surface area contributed by atoms with E-state index in [4.69, 9.17) is 0 Å². The number of hydrogen-bond acceptors (Lipinski definition) is 4. The van der Waals surface area contributed by atoms with E-state index >= 15 is 0 Å². The Balaban J connectivity index is 2.17. The smallest absolute Gasteiger partial charge is 0.115 e. The van der Waals surface area contributed by atoms with Crippen molar-refractivity contribution in [3.05, 3.63) is 54.5 Å². The second kappa shape index (κ2) is 8.02. The molecule has 4 heteroatoms. The summed E-state index contributed by atoms with van der Waals surface area (Å²) < 4.78 is 0. The zero-order valence-electron chi connectivity index (χ0n) is 12.0. The first-order valence-corrected chi connectivity index (χ1v) is 7.94. The largest absolute Gasteiger partial charge is 0.309 e. The lowest BCUT2D eigenvalue weighted by Gasteiger charge is -2.26. The van der Waals surface area contributed by atoms with E-state index in [1.807, 2.05) is 6.20 Å². The highest BCUT2D eigenvalue weighted by Crippen LogP contribution is 2.32. The molecule has 1 aromatic carbocycles. The van der Waals surface area contributed by atoms with Crippen molar-refractivity contribution < 1.29 is 0 Å². The van der Waals surface area contributed by atoms with Gasteiger partial charge in [-0.15, -0.1) is 0 Å². The number of nitrogens with one attached hydrogen (secondary N) is 1. The molecule has 0 radical (unpaired) electrons. The van der Waals surface area contributed by atoms with E-state index in [1.165, 1.54) is 5.56 Å². The number of benzene rings is 1. The maximum atomic E-state index is 4.38. The molecular weight excluding hydrogens is 266 g/mol. The van der Waals surface area contributed by atoms with E-state index in [0.29, 0.717) is 11.3 Å². The van der Waals surface area contributed by atoms with E-state index in [1.54, 1.807) is 24.2 Å². The SMILES string of the molecule is CCNC(c1ccccc1)C(CC)Sc1cnccn1. The molecule has 0 bridgehead atoms. The molecule has 0 aliphatic carbocycles. The van der Waals surface area contributed by atoms with Gasteiger partial charge in [0.25, 0.3) is 0 Å². The standard InChI is InChI=1S/C16H21N3S/c1-3-14(20-15-12-17-10-11-19-15)16(18-4-2)13-8-6-5-7-9-13/h5-12,14,16,18H,3-4H2,1-2H3. The molecule has 106 valence electrons. The predicted octanol–water partition coefficient (Wildman–Crippen LogP) is 3.70. The molecule has 2 unspecified atom stereocenters. The molecule has 0 spiro atoms. The highest BCUT2D eigenvalue weighted by molar-refractivity contribution is 7.99. The van der Waals surface area contributed by atoms with Gasteiger partial charge in [0.15, 0.2) is 0 Å². The van der Waals surface area contributed by atoms with Gasteiger partial charge in [0.05, 0.1) is 6.20 Å². The fourth-order valence-electron chi connectivity index (χ4n) is 2.23. The Hall–Kier alpha value is -1.39. The molecule has 3 nitrogen and oxygen atoms in total. The summed E-state index contributed by atoms with van der Waals surface area (Å²) >= 11 is 1.80. The summed E-state index contributed by atoms with van der Waals surface area (Å²) in [6.45, 7) is 5.33. The van der Waals surface area contributed by atoms with Gasteiger partial charge in [-0.2, -0.15) is 0 Å². The molecule has 1 N–H and O–H groups in total. The summed E-state index contributed by atoms with van der Waals surface area (Å²) in [5.74, 6) is 0. The monoisotopic (exact) mass is 287 g/mol. The van der Waals surface area contributed by atoms with Gasteiger partial charge in [-0.25, -0.2) is 4.98 Å². The van der Waals surface area contributed by atoms with Crippen LogP contribution in [0.5, 0.6) is 0 Å². The van der Waals surface area contributed by atoms with E-state index in [0.717, 1.165) is 18.0 Å². The number of rotatable bonds is 7. The van der Waals surface area contributed by atoms with Crippen LogP contribution >= 0.6 is 11.8 Å². The molecule has 0 aliphatic heterocycles. The van der Waals surface area contributed by atoms with E-state index < -0.39 is 0 Å². The molecular formula is C16H21N3S. The second-order valence-corrected chi connectivity index (χ2v) is 5.81. The Morgan fingerprint density at radius 2 is 1.95 bits per heavy atom. The van der Waals surface area contributed by atoms with Gasteiger partial charge in [-0.3, -0.25) is 4.98 Å². The van der Waals surface area contributed by atoms with Crippen LogP contribution in [0.25, 0.3) is 0 Å². The fourth-order valence-corrected chi connectivity index (χ4v) is 3.34. The van der Waals surface area contributed by atoms with Crippen molar-refractivity contribution in [2.45, 2.75) is 36.6 Å². The molecule has 0 saturated carbocycles. The van der Waals surface area contributed by atoms with Gasteiger partial charge in [-0.1, -0.05) is 55.9 Å². The summed E-state index contributed by atoms with van der Waals surface area (Å²) in [6, 6.07) is 11.0. The van der Waals surface area contributed by atoms with Crippen LogP contribution < -0.4 is 5.32 Å². The second-order valence-electron chi connectivity index (χ2n) is 4.55. The highest BCUT2D eigenvalue weighted by Gasteiger charge is 2.22. The van der Waals surface area contributed by atoms with Crippen molar-refractivity contribution in [1.82, 2.24) is 15.3 Å². The van der Waals surface area contributed by atoms with Crippen LogP contribution in [-0.2, 0) is 0 Å². The Bertz CT molecular complexity index is 490. The molecule has 2 atom stereocenters. The van der Waals surface area contributed by atoms with Crippen LogP contribution in [0.2, 0.25) is 0 Å². The Morgan fingerprint density at radius 1 is 1.15 bits per heavy atom. The molecule has 2 aromatic rings. The average Bonchev–Trinajstić information content (AvgIpc) is 2.52. The third kappa shape index (κ3) is 4.05. The lowest BCUT2D eigenvalue weighted by molar-refractivity contribution is 0.521. The molecule has 1 aromatic heterocycles. The van der Waals surface area contributed by atoms with Crippen molar-refractivity contribution in [2.75, 3.05) is 6.54 Å². The van der Waals surface area contributed by atoms with Gasteiger partial charge in [0.2, 0.25) is 0 Å². The Kier molecular flexibility index (Phi) is 6.02. The minimum absolute atomic E-state index is 0.332. The third-order valence-electron chi connectivity index (χ3n) is 3.17. The van der Waals surface area contributed by atoms with Gasteiger partial charge in [0, 0.05) is 23.7 Å².